The van der Waals surface area contributed by atoms with E-state index < -0.39 is 10.1 Å². The molecule has 0 N–H and O–H groups in total. The van der Waals surface area contributed by atoms with Gasteiger partial charge in [0.05, 0.1) is 20.8 Å². The van der Waals surface area contributed by atoms with Crippen molar-refractivity contribution in [2.45, 2.75) is 45.6 Å². The Hall–Kier alpha value is -2.13. The van der Waals surface area contributed by atoms with Crippen LogP contribution in [0.3, 0.4) is 0 Å². The minimum absolute atomic E-state index is 0.297. The van der Waals surface area contributed by atoms with Crippen LogP contribution in [0.5, 0.6) is 0 Å². The second-order valence-corrected chi connectivity index (χ2v) is 11.9. The summed E-state index contributed by atoms with van der Waals surface area (Å²) in [5.74, 6) is -0.352. The Morgan fingerprint density at radius 1 is 1.18 bits per heavy atom. The Labute approximate surface area is 204 Å². The SMILES string of the molecule is CC[n+]1c(C=C(C)C=C2Sc3cc(C)c(C)cc3N2CCCS(=O)(=O)[O-])sc2ccccc21. The van der Waals surface area contributed by atoms with Crippen LogP contribution in [0.4, 0.5) is 5.69 Å². The van der Waals surface area contributed by atoms with E-state index in [2.05, 4.69) is 85.7 Å². The molecule has 1 aromatic heterocycles. The van der Waals surface area contributed by atoms with Crippen LogP contribution >= 0.6 is 23.1 Å². The summed E-state index contributed by atoms with van der Waals surface area (Å²) in [7, 11) is -4.23. The first-order valence-corrected chi connectivity index (χ1v) is 14.2. The Kier molecular flexibility index (Phi) is 7.00. The molecule has 0 spiro atoms. The Morgan fingerprint density at radius 2 is 1.91 bits per heavy atom. The second-order valence-electron chi connectivity index (χ2n) is 8.30. The number of allylic oxidation sites excluding steroid dienone is 2. The van der Waals surface area contributed by atoms with E-state index in [9.17, 15) is 13.0 Å². The summed E-state index contributed by atoms with van der Waals surface area (Å²) >= 11 is 3.47. The molecular weight excluding hydrogens is 472 g/mol. The highest BCUT2D eigenvalue weighted by Gasteiger charge is 2.26. The van der Waals surface area contributed by atoms with Crippen LogP contribution in [0.15, 0.2) is 58.0 Å². The standard InChI is InChI=1S/C25H28N2O3S3/c1-5-26-20-9-6-7-10-22(20)31-24(26)13-17(2)14-25-27(11-8-12-33(28,29)30)21-15-18(3)19(4)16-23(21)32-25/h6-7,9-10,13-16H,5,8,11-12H2,1-4H3. The fraction of sp³-hybridized carbons (Fsp3) is 0.320. The molecule has 0 fully saturated rings. The number of rotatable bonds is 7. The number of thioether (sulfide) groups is 1. The lowest BCUT2D eigenvalue weighted by molar-refractivity contribution is -0.665. The number of hydrogen-bond donors (Lipinski definition) is 0. The van der Waals surface area contributed by atoms with Crippen LogP contribution in [0.25, 0.3) is 16.3 Å². The van der Waals surface area contributed by atoms with Crippen LogP contribution < -0.4 is 9.47 Å². The van der Waals surface area contributed by atoms with Crippen LogP contribution in [0.1, 0.15) is 36.4 Å². The molecule has 2 aromatic carbocycles. The van der Waals surface area contributed by atoms with Crippen LogP contribution in [-0.2, 0) is 16.7 Å². The predicted molar refractivity (Wildman–Crippen MR) is 138 cm³/mol. The summed E-state index contributed by atoms with van der Waals surface area (Å²) in [4.78, 5) is 3.31. The molecule has 0 saturated heterocycles. The lowest BCUT2D eigenvalue weighted by Crippen LogP contribution is -2.33. The number of nitrogens with zero attached hydrogens (tertiary/aromatic N) is 2. The highest BCUT2D eigenvalue weighted by Crippen LogP contribution is 2.47. The fourth-order valence-corrected chi connectivity index (χ4v) is 7.01. The molecule has 0 aliphatic carbocycles. The third-order valence-corrected chi connectivity index (χ3v) is 8.77. The fourth-order valence-electron chi connectivity index (χ4n) is 4.01. The molecule has 174 valence electrons. The van der Waals surface area contributed by atoms with Crippen molar-refractivity contribution in [2.75, 3.05) is 17.2 Å². The van der Waals surface area contributed by atoms with Crippen LogP contribution in [0, 0.1) is 13.8 Å². The van der Waals surface area contributed by atoms with E-state index in [0.717, 1.165) is 27.7 Å². The molecule has 3 aromatic rings. The quantitative estimate of drug-likeness (QED) is 0.311. The van der Waals surface area contributed by atoms with Gasteiger partial charge >= 0.3 is 0 Å². The lowest BCUT2D eigenvalue weighted by atomic mass is 10.1. The zero-order chi connectivity index (χ0) is 23.8. The molecule has 0 radical (unpaired) electrons. The number of para-hydroxylation sites is 1. The topological polar surface area (TPSA) is 64.3 Å². The summed E-state index contributed by atoms with van der Waals surface area (Å²) in [5.41, 5.74) is 5.86. The average Bonchev–Trinajstić information content (AvgIpc) is 3.24. The van der Waals surface area contributed by atoms with Gasteiger partial charge in [-0.05, 0) is 75.1 Å². The Bertz CT molecular complexity index is 1370. The molecule has 0 saturated carbocycles. The number of hydrogen-bond acceptors (Lipinski definition) is 6. The highest BCUT2D eigenvalue weighted by atomic mass is 32.2. The average molecular weight is 501 g/mol. The molecule has 33 heavy (non-hydrogen) atoms. The molecule has 0 unspecified atom stereocenters. The molecule has 1 aliphatic heterocycles. The van der Waals surface area contributed by atoms with Gasteiger partial charge in [0.2, 0.25) is 5.52 Å². The third-order valence-electron chi connectivity index (χ3n) is 5.78. The number of aromatic nitrogens is 1. The van der Waals surface area contributed by atoms with E-state index in [1.165, 1.54) is 26.4 Å². The normalized spacial score (nSPS) is 15.6. The zero-order valence-corrected chi connectivity index (χ0v) is 21.7. The van der Waals surface area contributed by atoms with Crippen molar-refractivity contribution in [1.29, 1.82) is 0 Å². The van der Waals surface area contributed by atoms with Gasteiger partial charge in [0, 0.05) is 29.3 Å². The predicted octanol–water partition coefficient (Wildman–Crippen LogP) is 5.62. The maximum Gasteiger partial charge on any atom is 0.262 e. The minimum Gasteiger partial charge on any atom is -0.748 e. The number of anilines is 1. The zero-order valence-electron chi connectivity index (χ0n) is 19.3. The van der Waals surface area contributed by atoms with Crippen molar-refractivity contribution in [3.63, 3.8) is 0 Å². The first-order chi connectivity index (χ1) is 15.7. The molecule has 0 bridgehead atoms. The molecule has 5 nitrogen and oxygen atoms in total. The molecule has 8 heteroatoms. The lowest BCUT2D eigenvalue weighted by Gasteiger charge is -2.21. The first kappa shape index (κ1) is 24.0. The monoisotopic (exact) mass is 500 g/mol. The minimum atomic E-state index is -4.23. The summed E-state index contributed by atoms with van der Waals surface area (Å²) in [6.45, 7) is 9.82. The first-order valence-electron chi connectivity index (χ1n) is 11.0. The number of benzene rings is 2. The van der Waals surface area contributed by atoms with Crippen molar-refractivity contribution in [3.05, 3.63) is 69.2 Å². The van der Waals surface area contributed by atoms with Gasteiger partial charge in [-0.15, -0.1) is 0 Å². The smallest absolute Gasteiger partial charge is 0.262 e. The van der Waals surface area contributed by atoms with Gasteiger partial charge in [-0.25, -0.2) is 8.42 Å². The van der Waals surface area contributed by atoms with E-state index in [1.54, 1.807) is 23.1 Å². The Balaban J connectivity index is 1.68. The maximum absolute atomic E-state index is 11.1. The maximum atomic E-state index is 11.1. The van der Waals surface area contributed by atoms with Gasteiger partial charge < -0.3 is 9.45 Å². The summed E-state index contributed by atoms with van der Waals surface area (Å²) in [6.07, 6.45) is 4.66. The van der Waals surface area contributed by atoms with Crippen molar-refractivity contribution >= 4 is 55.2 Å². The van der Waals surface area contributed by atoms with E-state index in [-0.39, 0.29) is 5.75 Å². The highest BCUT2D eigenvalue weighted by molar-refractivity contribution is 8.03. The van der Waals surface area contributed by atoms with E-state index in [1.807, 2.05) is 0 Å². The third kappa shape index (κ3) is 5.35. The van der Waals surface area contributed by atoms with Gasteiger partial charge in [0.1, 0.15) is 11.2 Å². The van der Waals surface area contributed by atoms with Gasteiger partial charge in [-0.1, -0.05) is 35.2 Å². The molecule has 4 rings (SSSR count). The summed E-state index contributed by atoms with van der Waals surface area (Å²) in [6, 6.07) is 12.8. The van der Waals surface area contributed by atoms with E-state index in [4.69, 9.17) is 0 Å². The van der Waals surface area contributed by atoms with Crippen molar-refractivity contribution < 1.29 is 17.5 Å². The Morgan fingerprint density at radius 3 is 2.64 bits per heavy atom. The summed E-state index contributed by atoms with van der Waals surface area (Å²) < 4.78 is 37.0. The van der Waals surface area contributed by atoms with E-state index in [0.29, 0.717) is 13.0 Å². The van der Waals surface area contributed by atoms with Crippen molar-refractivity contribution in [1.82, 2.24) is 0 Å². The van der Waals surface area contributed by atoms with Crippen molar-refractivity contribution in [3.8, 4) is 0 Å². The largest absolute Gasteiger partial charge is 0.748 e. The van der Waals surface area contributed by atoms with Crippen LogP contribution in [0.2, 0.25) is 0 Å². The van der Waals surface area contributed by atoms with Crippen LogP contribution in [-0.4, -0.2) is 25.3 Å². The van der Waals surface area contributed by atoms with Crippen molar-refractivity contribution in [2.24, 2.45) is 0 Å². The van der Waals surface area contributed by atoms with Gasteiger partial charge in [-0.3, -0.25) is 0 Å². The van der Waals surface area contributed by atoms with Gasteiger partial charge in [-0.2, -0.15) is 4.57 Å². The van der Waals surface area contributed by atoms with Gasteiger partial charge in [0.15, 0.2) is 0 Å². The molecule has 0 atom stereocenters. The molecular formula is C25H28N2O3S3. The number of fused-ring (bicyclic) bond motifs is 2. The van der Waals surface area contributed by atoms with E-state index >= 15 is 0 Å². The summed E-state index contributed by atoms with van der Waals surface area (Å²) in [5, 5.41) is 2.25. The van der Waals surface area contributed by atoms with Gasteiger partial charge in [0.25, 0.3) is 5.01 Å². The molecule has 2 heterocycles. The molecule has 1 aliphatic rings. The molecule has 0 amide bonds. The number of aryl methyl sites for hydroxylation is 3. The second kappa shape index (κ2) is 9.62. The number of thiazole rings is 1.